The maximum Gasteiger partial charge on any atom is 0.269 e. The lowest BCUT2D eigenvalue weighted by Gasteiger charge is -2.39. The first-order chi connectivity index (χ1) is 10.4. The largest absolute Gasteiger partial charge is 0.394 e. The summed E-state index contributed by atoms with van der Waals surface area (Å²) in [5, 5.41) is 48.9. The minimum absolute atomic E-state index is 0.0124. The third-order valence-corrected chi connectivity index (χ3v) is 4.63. The van der Waals surface area contributed by atoms with Crippen molar-refractivity contribution >= 4 is 17.4 Å². The van der Waals surface area contributed by atoms with Crippen molar-refractivity contribution in [3.8, 4) is 0 Å². The molecule has 1 heterocycles. The Morgan fingerprint density at radius 3 is 2.32 bits per heavy atom. The number of non-ortho nitro benzene ring substituents is 1. The Balaban J connectivity index is 1.96. The van der Waals surface area contributed by atoms with Crippen LogP contribution in [0.2, 0.25) is 0 Å². The quantitative estimate of drug-likeness (QED) is 0.424. The van der Waals surface area contributed by atoms with Crippen LogP contribution in [0, 0.1) is 10.1 Å². The van der Waals surface area contributed by atoms with Gasteiger partial charge >= 0.3 is 0 Å². The van der Waals surface area contributed by atoms with Crippen LogP contribution in [0.4, 0.5) is 5.69 Å². The Hall–Kier alpha value is -1.23. The van der Waals surface area contributed by atoms with Gasteiger partial charge < -0.3 is 25.2 Å². The number of rotatable bonds is 5. The number of hydrogen-bond acceptors (Lipinski definition) is 8. The fraction of sp³-hybridized carbons (Fsp3) is 0.538. The van der Waals surface area contributed by atoms with Gasteiger partial charge in [0.2, 0.25) is 0 Å². The molecule has 0 amide bonds. The molecular formula is C13H17NO7S. The highest BCUT2D eigenvalue weighted by molar-refractivity contribution is 7.99. The predicted octanol–water partition coefficient (Wildman–Crippen LogP) is -0.372. The highest BCUT2D eigenvalue weighted by Crippen LogP contribution is 2.30. The maximum atomic E-state index is 10.6. The third-order valence-electron chi connectivity index (χ3n) is 3.41. The number of nitro groups is 1. The van der Waals surface area contributed by atoms with Crippen LogP contribution in [0.15, 0.2) is 24.3 Å². The number of benzene rings is 1. The van der Waals surface area contributed by atoms with Crippen molar-refractivity contribution in [1.29, 1.82) is 0 Å². The van der Waals surface area contributed by atoms with E-state index in [1.807, 2.05) is 0 Å². The van der Waals surface area contributed by atoms with E-state index in [9.17, 15) is 25.4 Å². The Kier molecular flexibility index (Phi) is 5.73. The van der Waals surface area contributed by atoms with Crippen LogP contribution >= 0.6 is 11.8 Å². The summed E-state index contributed by atoms with van der Waals surface area (Å²) in [6.07, 6.45) is -5.01. The van der Waals surface area contributed by atoms with Gasteiger partial charge in [0, 0.05) is 17.9 Å². The zero-order valence-electron chi connectivity index (χ0n) is 11.5. The molecular weight excluding hydrogens is 314 g/mol. The number of nitro benzene ring substituents is 1. The van der Waals surface area contributed by atoms with E-state index in [2.05, 4.69) is 0 Å². The van der Waals surface area contributed by atoms with Crippen LogP contribution in [0.5, 0.6) is 0 Å². The average molecular weight is 331 g/mol. The van der Waals surface area contributed by atoms with Gasteiger partial charge in [0.05, 0.1) is 11.5 Å². The van der Waals surface area contributed by atoms with Gasteiger partial charge in [-0.15, -0.1) is 11.8 Å². The summed E-state index contributed by atoms with van der Waals surface area (Å²) in [6.45, 7) is -0.473. The first kappa shape index (κ1) is 17.1. The van der Waals surface area contributed by atoms with Crippen molar-refractivity contribution in [3.05, 3.63) is 39.9 Å². The lowest BCUT2D eigenvalue weighted by Crippen LogP contribution is -2.57. The molecule has 0 bridgehead atoms. The van der Waals surface area contributed by atoms with Crippen molar-refractivity contribution in [3.63, 3.8) is 0 Å². The minimum Gasteiger partial charge on any atom is -0.394 e. The van der Waals surface area contributed by atoms with Crippen molar-refractivity contribution < 1.29 is 30.1 Å². The molecule has 4 N–H and O–H groups in total. The molecule has 22 heavy (non-hydrogen) atoms. The molecule has 1 saturated heterocycles. The number of ether oxygens (including phenoxy) is 1. The van der Waals surface area contributed by atoms with Crippen LogP contribution in [0.25, 0.3) is 0 Å². The zero-order valence-corrected chi connectivity index (χ0v) is 12.3. The van der Waals surface area contributed by atoms with Gasteiger partial charge in [0.25, 0.3) is 5.69 Å². The van der Waals surface area contributed by atoms with Gasteiger partial charge in [-0.25, -0.2) is 0 Å². The van der Waals surface area contributed by atoms with E-state index in [0.29, 0.717) is 5.75 Å². The number of hydrogen-bond donors (Lipinski definition) is 4. The Bertz CT molecular complexity index is 510. The molecule has 0 spiro atoms. The van der Waals surface area contributed by atoms with Crippen LogP contribution in [-0.4, -0.2) is 61.8 Å². The van der Waals surface area contributed by atoms with E-state index in [4.69, 9.17) is 9.84 Å². The maximum absolute atomic E-state index is 10.6. The van der Waals surface area contributed by atoms with E-state index >= 15 is 0 Å². The van der Waals surface area contributed by atoms with E-state index in [1.54, 1.807) is 12.1 Å². The van der Waals surface area contributed by atoms with Crippen molar-refractivity contribution in [2.75, 3.05) is 6.61 Å². The summed E-state index contributed by atoms with van der Waals surface area (Å²) in [7, 11) is 0. The fourth-order valence-electron chi connectivity index (χ4n) is 2.10. The van der Waals surface area contributed by atoms with Crippen LogP contribution in [0.3, 0.4) is 0 Å². The fourth-order valence-corrected chi connectivity index (χ4v) is 3.23. The van der Waals surface area contributed by atoms with Crippen LogP contribution in [0.1, 0.15) is 5.56 Å². The molecule has 0 aromatic heterocycles. The molecule has 0 aliphatic carbocycles. The summed E-state index contributed by atoms with van der Waals surface area (Å²) in [5.74, 6) is 0.390. The second-order valence-corrected chi connectivity index (χ2v) is 6.02. The van der Waals surface area contributed by atoms with Gasteiger partial charge in [0.1, 0.15) is 29.9 Å². The van der Waals surface area contributed by atoms with Crippen molar-refractivity contribution in [1.82, 2.24) is 0 Å². The van der Waals surface area contributed by atoms with Crippen molar-refractivity contribution in [2.24, 2.45) is 0 Å². The van der Waals surface area contributed by atoms with E-state index in [0.717, 1.165) is 5.56 Å². The standard InChI is InChI=1S/C13H17NO7S/c15-5-9-10(16)11(17)12(18)13(21-9)22-6-7-1-3-8(4-2-7)14(19)20/h1-4,9-13,15-18H,5-6H2/t9?,10-,11-,12-,13?/m0/s1. The number of nitrogens with zero attached hydrogens (tertiary/aromatic N) is 1. The SMILES string of the molecule is O=[N+]([O-])c1ccc(CSC2OC(CO)[C@H](O)[C@H](O)[C@@H]2O)cc1. The smallest absolute Gasteiger partial charge is 0.269 e. The molecule has 1 fully saturated rings. The highest BCUT2D eigenvalue weighted by atomic mass is 32.2. The normalized spacial score (nSPS) is 31.9. The Labute approximate surface area is 130 Å². The predicted molar refractivity (Wildman–Crippen MR) is 78.2 cm³/mol. The summed E-state index contributed by atoms with van der Waals surface area (Å²) >= 11 is 1.17. The number of aliphatic hydroxyl groups excluding tert-OH is 4. The first-order valence-corrected chi connectivity index (χ1v) is 7.64. The third kappa shape index (κ3) is 3.75. The average Bonchev–Trinajstić information content (AvgIpc) is 2.52. The second kappa shape index (κ2) is 7.36. The molecule has 1 aliphatic heterocycles. The van der Waals surface area contributed by atoms with E-state index < -0.39 is 41.4 Å². The molecule has 0 radical (unpaired) electrons. The van der Waals surface area contributed by atoms with Crippen LogP contribution < -0.4 is 0 Å². The highest BCUT2D eigenvalue weighted by Gasteiger charge is 2.43. The first-order valence-electron chi connectivity index (χ1n) is 6.59. The molecule has 122 valence electrons. The van der Waals surface area contributed by atoms with Crippen molar-refractivity contribution in [2.45, 2.75) is 35.6 Å². The summed E-state index contributed by atoms with van der Waals surface area (Å²) in [5.41, 5.74) is -0.0418. The molecule has 8 nitrogen and oxygen atoms in total. The lowest BCUT2D eigenvalue weighted by atomic mass is 10.0. The van der Waals surface area contributed by atoms with Crippen LogP contribution in [-0.2, 0) is 10.5 Å². The Morgan fingerprint density at radius 2 is 1.77 bits per heavy atom. The molecule has 1 aromatic carbocycles. The molecule has 2 rings (SSSR count). The molecule has 1 aliphatic rings. The molecule has 1 aromatic rings. The summed E-state index contributed by atoms with van der Waals surface area (Å²) in [4.78, 5) is 10.1. The lowest BCUT2D eigenvalue weighted by molar-refractivity contribution is -0.384. The summed E-state index contributed by atoms with van der Waals surface area (Å²) < 4.78 is 5.36. The molecule has 0 saturated carbocycles. The van der Waals surface area contributed by atoms with E-state index in [1.165, 1.54) is 23.9 Å². The summed E-state index contributed by atoms with van der Waals surface area (Å²) in [6, 6.07) is 5.94. The molecule has 2 unspecified atom stereocenters. The van der Waals surface area contributed by atoms with Gasteiger partial charge in [-0.05, 0) is 5.56 Å². The van der Waals surface area contributed by atoms with Gasteiger partial charge in [-0.3, -0.25) is 10.1 Å². The molecule has 5 atom stereocenters. The monoisotopic (exact) mass is 331 g/mol. The molecule has 9 heteroatoms. The number of thioether (sulfide) groups is 1. The number of aliphatic hydroxyl groups is 4. The topological polar surface area (TPSA) is 133 Å². The second-order valence-electron chi connectivity index (χ2n) is 4.93. The van der Waals surface area contributed by atoms with E-state index in [-0.39, 0.29) is 5.69 Å². The Morgan fingerprint density at radius 1 is 1.14 bits per heavy atom. The minimum atomic E-state index is -1.40. The zero-order chi connectivity index (χ0) is 16.3. The van der Waals surface area contributed by atoms with Gasteiger partial charge in [-0.2, -0.15) is 0 Å². The van der Waals surface area contributed by atoms with Gasteiger partial charge in [-0.1, -0.05) is 12.1 Å². The van der Waals surface area contributed by atoms with Gasteiger partial charge in [0.15, 0.2) is 0 Å².